The van der Waals surface area contributed by atoms with Gasteiger partial charge in [-0.2, -0.15) is 5.10 Å². The Bertz CT molecular complexity index is 747. The predicted octanol–water partition coefficient (Wildman–Crippen LogP) is 3.74. The van der Waals surface area contributed by atoms with Crippen molar-refractivity contribution < 1.29 is 4.74 Å². The van der Waals surface area contributed by atoms with E-state index in [0.29, 0.717) is 12.5 Å². The van der Waals surface area contributed by atoms with Gasteiger partial charge in [0.1, 0.15) is 12.4 Å². The first kappa shape index (κ1) is 13.6. The number of fused-ring (bicyclic) bond motifs is 1. The van der Waals surface area contributed by atoms with Crippen molar-refractivity contribution in [1.29, 1.82) is 0 Å². The third-order valence-electron chi connectivity index (χ3n) is 3.37. The highest BCUT2D eigenvalue weighted by Crippen LogP contribution is 2.19. The van der Waals surface area contributed by atoms with E-state index in [1.807, 2.05) is 48.0 Å². The molecule has 0 unspecified atom stereocenters. The Morgan fingerprint density at radius 3 is 2.67 bits per heavy atom. The van der Waals surface area contributed by atoms with Gasteiger partial charge in [-0.25, -0.2) is 9.50 Å². The lowest BCUT2D eigenvalue weighted by atomic mass is 10.1. The smallest absolute Gasteiger partial charge is 0.160 e. The van der Waals surface area contributed by atoms with Crippen molar-refractivity contribution in [2.45, 2.75) is 33.3 Å². The zero-order chi connectivity index (χ0) is 14.8. The average molecular weight is 281 g/mol. The zero-order valence-corrected chi connectivity index (χ0v) is 12.6. The van der Waals surface area contributed by atoms with Crippen LogP contribution in [-0.4, -0.2) is 14.6 Å². The van der Waals surface area contributed by atoms with E-state index in [1.54, 1.807) is 0 Å². The third kappa shape index (κ3) is 2.89. The number of rotatable bonds is 4. The summed E-state index contributed by atoms with van der Waals surface area (Å²) >= 11 is 0. The van der Waals surface area contributed by atoms with E-state index in [0.717, 1.165) is 28.3 Å². The molecular weight excluding hydrogens is 262 g/mol. The Balaban J connectivity index is 1.95. The van der Waals surface area contributed by atoms with Crippen molar-refractivity contribution in [3.05, 3.63) is 59.5 Å². The Hall–Kier alpha value is -2.36. The molecule has 0 aliphatic rings. The number of imidazole rings is 1. The Kier molecular flexibility index (Phi) is 3.60. The summed E-state index contributed by atoms with van der Waals surface area (Å²) in [5, 5.41) is 4.61. The molecule has 1 aromatic carbocycles. The van der Waals surface area contributed by atoms with Gasteiger partial charge < -0.3 is 4.74 Å². The van der Waals surface area contributed by atoms with Crippen molar-refractivity contribution in [3.8, 4) is 5.75 Å². The van der Waals surface area contributed by atoms with Crippen molar-refractivity contribution in [3.63, 3.8) is 0 Å². The quantitative estimate of drug-likeness (QED) is 0.731. The highest BCUT2D eigenvalue weighted by Gasteiger charge is 2.11. The molecule has 0 atom stereocenters. The van der Waals surface area contributed by atoms with Gasteiger partial charge >= 0.3 is 0 Å². The second-order valence-corrected chi connectivity index (χ2v) is 5.50. The van der Waals surface area contributed by atoms with Gasteiger partial charge in [-0.15, -0.1) is 0 Å². The summed E-state index contributed by atoms with van der Waals surface area (Å²) in [6.07, 6.45) is 1.95. The second kappa shape index (κ2) is 5.56. The molecule has 0 saturated carbocycles. The third-order valence-corrected chi connectivity index (χ3v) is 3.37. The second-order valence-electron chi connectivity index (χ2n) is 5.50. The van der Waals surface area contributed by atoms with E-state index < -0.39 is 0 Å². The number of ether oxygens (including phenoxy) is 1. The average Bonchev–Trinajstić information content (AvgIpc) is 2.86. The fourth-order valence-electron chi connectivity index (χ4n) is 2.24. The van der Waals surface area contributed by atoms with Crippen molar-refractivity contribution >= 4 is 5.65 Å². The van der Waals surface area contributed by atoms with Gasteiger partial charge in [-0.3, -0.25) is 0 Å². The summed E-state index contributed by atoms with van der Waals surface area (Å²) in [5.74, 6) is 1.23. The maximum atomic E-state index is 5.86. The summed E-state index contributed by atoms with van der Waals surface area (Å²) in [6, 6.07) is 11.9. The van der Waals surface area contributed by atoms with E-state index in [1.165, 1.54) is 0 Å². The molecular formula is C17H19N3O. The summed E-state index contributed by atoms with van der Waals surface area (Å²) in [7, 11) is 0. The number of benzene rings is 1. The zero-order valence-electron chi connectivity index (χ0n) is 12.6. The van der Waals surface area contributed by atoms with Gasteiger partial charge in [0.05, 0.1) is 17.6 Å². The van der Waals surface area contributed by atoms with Crippen LogP contribution in [0.25, 0.3) is 5.65 Å². The molecule has 3 aromatic rings. The van der Waals surface area contributed by atoms with Crippen LogP contribution in [0.4, 0.5) is 0 Å². The maximum absolute atomic E-state index is 5.86. The minimum Gasteiger partial charge on any atom is -0.489 e. The predicted molar refractivity (Wildman–Crippen MR) is 82.6 cm³/mol. The van der Waals surface area contributed by atoms with Crippen LogP contribution in [0.15, 0.2) is 42.6 Å². The van der Waals surface area contributed by atoms with E-state index in [9.17, 15) is 0 Å². The van der Waals surface area contributed by atoms with Gasteiger partial charge in [-0.05, 0) is 31.0 Å². The molecule has 0 aliphatic heterocycles. The van der Waals surface area contributed by atoms with Gasteiger partial charge in [0, 0.05) is 5.56 Å². The maximum Gasteiger partial charge on any atom is 0.160 e. The lowest BCUT2D eigenvalue weighted by Gasteiger charge is -2.10. The first-order valence-electron chi connectivity index (χ1n) is 7.17. The molecule has 4 nitrogen and oxygen atoms in total. The van der Waals surface area contributed by atoms with Crippen LogP contribution < -0.4 is 4.74 Å². The van der Waals surface area contributed by atoms with Gasteiger partial charge in [0.15, 0.2) is 5.65 Å². The summed E-state index contributed by atoms with van der Waals surface area (Å²) in [5.41, 5.74) is 3.94. The first-order chi connectivity index (χ1) is 10.1. The van der Waals surface area contributed by atoms with Crippen LogP contribution in [0.5, 0.6) is 5.75 Å². The molecule has 0 amide bonds. The minimum absolute atomic E-state index is 0.368. The number of aromatic nitrogens is 3. The number of nitrogens with zero attached hydrogens (tertiary/aromatic N) is 3. The van der Waals surface area contributed by atoms with Crippen molar-refractivity contribution in [2.24, 2.45) is 0 Å². The van der Waals surface area contributed by atoms with Crippen LogP contribution in [0.1, 0.15) is 36.7 Å². The van der Waals surface area contributed by atoms with Crippen LogP contribution >= 0.6 is 0 Å². The summed E-state index contributed by atoms with van der Waals surface area (Å²) in [4.78, 5) is 4.55. The molecule has 2 aromatic heterocycles. The molecule has 0 spiro atoms. The fraction of sp³-hybridized carbons (Fsp3) is 0.294. The lowest BCUT2D eigenvalue weighted by Crippen LogP contribution is -2.05. The highest BCUT2D eigenvalue weighted by atomic mass is 16.5. The molecule has 108 valence electrons. The highest BCUT2D eigenvalue weighted by molar-refractivity contribution is 5.48. The van der Waals surface area contributed by atoms with Gasteiger partial charge in [-0.1, -0.05) is 32.0 Å². The van der Waals surface area contributed by atoms with Crippen LogP contribution in [0.2, 0.25) is 0 Å². The SMILES string of the molecule is Cc1cn2nc(C(C)C)cc(COc3ccccc3)c2n1. The van der Waals surface area contributed by atoms with E-state index in [-0.39, 0.29) is 0 Å². The lowest BCUT2D eigenvalue weighted by molar-refractivity contribution is 0.306. The molecule has 4 heteroatoms. The molecule has 0 saturated heterocycles. The summed E-state index contributed by atoms with van der Waals surface area (Å²) < 4.78 is 7.72. The molecule has 0 bridgehead atoms. The number of hydrogen-bond acceptors (Lipinski definition) is 3. The topological polar surface area (TPSA) is 39.4 Å². The van der Waals surface area contributed by atoms with E-state index in [2.05, 4.69) is 30.0 Å². The van der Waals surface area contributed by atoms with Gasteiger partial charge in [0.2, 0.25) is 0 Å². The van der Waals surface area contributed by atoms with Crippen LogP contribution in [0.3, 0.4) is 0 Å². The Labute approximate surface area is 124 Å². The molecule has 0 N–H and O–H groups in total. The van der Waals surface area contributed by atoms with Crippen LogP contribution in [0, 0.1) is 6.92 Å². The molecule has 3 rings (SSSR count). The number of hydrogen-bond donors (Lipinski definition) is 0. The summed E-state index contributed by atoms with van der Waals surface area (Å²) in [6.45, 7) is 6.75. The monoisotopic (exact) mass is 281 g/mol. The Morgan fingerprint density at radius 2 is 1.95 bits per heavy atom. The fourth-order valence-corrected chi connectivity index (χ4v) is 2.24. The van der Waals surface area contributed by atoms with Crippen molar-refractivity contribution in [2.75, 3.05) is 0 Å². The van der Waals surface area contributed by atoms with Crippen LogP contribution in [-0.2, 0) is 6.61 Å². The first-order valence-corrected chi connectivity index (χ1v) is 7.17. The van der Waals surface area contributed by atoms with E-state index in [4.69, 9.17) is 4.74 Å². The standard InChI is InChI=1S/C17H19N3O/c1-12(2)16-9-14(11-21-15-7-5-4-6-8-15)17-18-13(3)10-20(17)19-16/h4-10,12H,11H2,1-3H3. The van der Waals surface area contributed by atoms with Gasteiger partial charge in [0.25, 0.3) is 0 Å². The largest absolute Gasteiger partial charge is 0.489 e. The molecule has 0 aliphatic carbocycles. The van der Waals surface area contributed by atoms with Crippen molar-refractivity contribution in [1.82, 2.24) is 14.6 Å². The van der Waals surface area contributed by atoms with E-state index >= 15 is 0 Å². The molecule has 2 heterocycles. The minimum atomic E-state index is 0.368. The molecule has 0 fully saturated rings. The normalized spacial score (nSPS) is 11.2. The number of aryl methyl sites for hydroxylation is 1. The molecule has 0 radical (unpaired) electrons. The Morgan fingerprint density at radius 1 is 1.19 bits per heavy atom. The molecule has 21 heavy (non-hydrogen) atoms. The number of para-hydroxylation sites is 1.